The Bertz CT molecular complexity index is 849. The summed E-state index contributed by atoms with van der Waals surface area (Å²) in [5.74, 6) is -1.91. The highest BCUT2D eigenvalue weighted by molar-refractivity contribution is 5.93. The molecule has 0 fully saturated rings. The smallest absolute Gasteiger partial charge is 0.408 e. The Morgan fingerprint density at radius 1 is 1.12 bits per heavy atom. The first-order valence-electron chi connectivity index (χ1n) is 11.2. The molecule has 1 aromatic carbocycles. The highest BCUT2D eigenvalue weighted by Gasteiger charge is 2.38. The third kappa shape index (κ3) is 8.66. The average molecular weight is 480 g/mol. The van der Waals surface area contributed by atoms with Crippen LogP contribution in [0, 0.1) is 6.92 Å². The molecule has 0 bridgehead atoms. The first-order valence-corrected chi connectivity index (χ1v) is 11.2. The van der Waals surface area contributed by atoms with Gasteiger partial charge in [0.1, 0.15) is 24.2 Å². The number of ether oxygens (including phenoxy) is 2. The normalized spacial score (nSPS) is 13.8. The van der Waals surface area contributed by atoms with E-state index in [4.69, 9.17) is 4.74 Å². The van der Waals surface area contributed by atoms with Crippen molar-refractivity contribution in [1.29, 1.82) is 0 Å². The molecule has 0 saturated heterocycles. The van der Waals surface area contributed by atoms with Gasteiger partial charge in [0.05, 0.1) is 13.7 Å². The van der Waals surface area contributed by atoms with Gasteiger partial charge in [0, 0.05) is 6.04 Å². The molecule has 0 saturated carbocycles. The maximum Gasteiger partial charge on any atom is 0.408 e. The second-order valence-electron chi connectivity index (χ2n) is 8.99. The zero-order valence-electron chi connectivity index (χ0n) is 21.0. The van der Waals surface area contributed by atoms with Gasteiger partial charge >= 0.3 is 12.1 Å². The van der Waals surface area contributed by atoms with Crippen LogP contribution < -0.4 is 10.6 Å². The number of benzene rings is 1. The van der Waals surface area contributed by atoms with Crippen molar-refractivity contribution < 1.29 is 33.8 Å². The molecule has 1 rings (SSSR count). The minimum atomic E-state index is -1.34. The highest BCUT2D eigenvalue weighted by atomic mass is 16.6. The zero-order chi connectivity index (χ0) is 26.1. The van der Waals surface area contributed by atoms with Crippen molar-refractivity contribution in [2.24, 2.45) is 0 Å². The lowest BCUT2D eigenvalue weighted by Gasteiger charge is -2.38. The number of hydrogen-bond donors (Lipinski definition) is 3. The van der Waals surface area contributed by atoms with Crippen LogP contribution in [0.15, 0.2) is 24.3 Å². The molecule has 34 heavy (non-hydrogen) atoms. The summed E-state index contributed by atoms with van der Waals surface area (Å²) in [6, 6.07) is 4.13. The average Bonchev–Trinajstić information content (AvgIpc) is 2.77. The molecule has 3 amide bonds. The van der Waals surface area contributed by atoms with Gasteiger partial charge in [-0.05, 0) is 46.6 Å². The largest absolute Gasteiger partial charge is 0.468 e. The lowest BCUT2D eigenvalue weighted by molar-refractivity contribution is -0.147. The third-order valence-corrected chi connectivity index (χ3v) is 5.05. The summed E-state index contributed by atoms with van der Waals surface area (Å²) in [5, 5.41) is 14.8. The van der Waals surface area contributed by atoms with E-state index in [1.807, 2.05) is 13.8 Å². The van der Waals surface area contributed by atoms with Crippen LogP contribution in [0.4, 0.5) is 4.79 Å². The van der Waals surface area contributed by atoms with E-state index in [9.17, 15) is 24.3 Å². The topological polar surface area (TPSA) is 134 Å². The molecule has 3 N–H and O–H groups in total. The molecule has 0 aliphatic rings. The molecule has 1 aromatic rings. The number of amides is 3. The number of hydrogen-bond acceptors (Lipinski definition) is 7. The molecular weight excluding hydrogens is 442 g/mol. The second kappa shape index (κ2) is 12.9. The molecule has 0 radical (unpaired) electrons. The van der Waals surface area contributed by atoms with Crippen LogP contribution in [0.25, 0.3) is 0 Å². The minimum absolute atomic E-state index is 0.375. The number of aryl methyl sites for hydroxylation is 1. The van der Waals surface area contributed by atoms with Gasteiger partial charge in [0.2, 0.25) is 11.8 Å². The van der Waals surface area contributed by atoms with Crippen molar-refractivity contribution in [2.75, 3.05) is 20.3 Å². The molecule has 0 aliphatic heterocycles. The number of carbonyl (C=O) groups is 4. The number of rotatable bonds is 10. The summed E-state index contributed by atoms with van der Waals surface area (Å²) in [7, 11) is 1.20. The monoisotopic (exact) mass is 479 g/mol. The first kappa shape index (κ1) is 28.9. The maximum absolute atomic E-state index is 13.6. The summed E-state index contributed by atoms with van der Waals surface area (Å²) in [6.45, 7) is 9.44. The van der Waals surface area contributed by atoms with Crippen LogP contribution in [-0.4, -0.2) is 71.8 Å². The summed E-state index contributed by atoms with van der Waals surface area (Å²) >= 11 is 0. The van der Waals surface area contributed by atoms with Crippen molar-refractivity contribution >= 4 is 23.9 Å². The number of nitrogens with one attached hydrogen (secondary N) is 2. The number of carbonyl (C=O) groups excluding carboxylic acids is 4. The van der Waals surface area contributed by atoms with Crippen LogP contribution in [0.5, 0.6) is 0 Å². The fourth-order valence-electron chi connectivity index (χ4n) is 3.13. The van der Waals surface area contributed by atoms with E-state index < -0.39 is 54.2 Å². The lowest BCUT2D eigenvalue weighted by atomic mass is 9.99. The molecule has 3 unspecified atom stereocenters. The van der Waals surface area contributed by atoms with E-state index in [0.29, 0.717) is 12.0 Å². The molecule has 3 atom stereocenters. The van der Waals surface area contributed by atoms with Gasteiger partial charge in [-0.3, -0.25) is 14.4 Å². The standard InChI is InChI=1S/C24H37N3O7/c1-8-16(3)27(22(31)18(14-28)26-23(32)34-24(4,5)6)20(17-11-9-15(2)10-12-17)21(30)25-13-19(29)33-7/h9-12,16,18,20,28H,8,13-14H2,1-7H3,(H,25,30)(H,26,32). The van der Waals surface area contributed by atoms with Crippen LogP contribution >= 0.6 is 0 Å². The summed E-state index contributed by atoms with van der Waals surface area (Å²) in [6.07, 6.45) is -0.380. The van der Waals surface area contributed by atoms with E-state index in [2.05, 4.69) is 15.4 Å². The summed E-state index contributed by atoms with van der Waals surface area (Å²) in [5.41, 5.74) is 0.663. The molecule has 0 heterocycles. The van der Waals surface area contributed by atoms with E-state index in [-0.39, 0.29) is 6.54 Å². The van der Waals surface area contributed by atoms with Crippen LogP contribution in [-0.2, 0) is 23.9 Å². The van der Waals surface area contributed by atoms with Gasteiger partial charge in [-0.15, -0.1) is 0 Å². The minimum Gasteiger partial charge on any atom is -0.468 e. The maximum atomic E-state index is 13.6. The van der Waals surface area contributed by atoms with Gasteiger partial charge < -0.3 is 30.1 Å². The van der Waals surface area contributed by atoms with E-state index in [1.165, 1.54) is 12.0 Å². The van der Waals surface area contributed by atoms with Gasteiger partial charge in [0.25, 0.3) is 0 Å². The SMILES string of the molecule is CCC(C)N(C(=O)C(CO)NC(=O)OC(C)(C)C)C(C(=O)NCC(=O)OC)c1ccc(C)cc1. The van der Waals surface area contributed by atoms with Crippen LogP contribution in [0.3, 0.4) is 0 Å². The van der Waals surface area contributed by atoms with E-state index in [1.54, 1.807) is 52.0 Å². The highest BCUT2D eigenvalue weighted by Crippen LogP contribution is 2.26. The Morgan fingerprint density at radius 3 is 2.18 bits per heavy atom. The van der Waals surface area contributed by atoms with Crippen molar-refractivity contribution in [3.8, 4) is 0 Å². The van der Waals surface area contributed by atoms with Crippen molar-refractivity contribution in [2.45, 2.75) is 71.7 Å². The van der Waals surface area contributed by atoms with Gasteiger partial charge in [-0.25, -0.2) is 4.79 Å². The lowest BCUT2D eigenvalue weighted by Crippen LogP contribution is -2.56. The van der Waals surface area contributed by atoms with Gasteiger partial charge in [-0.2, -0.15) is 0 Å². The van der Waals surface area contributed by atoms with Crippen LogP contribution in [0.2, 0.25) is 0 Å². The number of methoxy groups -OCH3 is 1. The van der Waals surface area contributed by atoms with Crippen molar-refractivity contribution in [3.05, 3.63) is 35.4 Å². The quantitative estimate of drug-likeness (QED) is 0.436. The third-order valence-electron chi connectivity index (χ3n) is 5.05. The summed E-state index contributed by atoms with van der Waals surface area (Å²) in [4.78, 5) is 52.0. The van der Waals surface area contributed by atoms with E-state index in [0.717, 1.165) is 5.56 Å². The zero-order valence-corrected chi connectivity index (χ0v) is 21.0. The molecule has 0 spiro atoms. The number of esters is 1. The van der Waals surface area contributed by atoms with Crippen LogP contribution in [0.1, 0.15) is 58.2 Å². The Balaban J connectivity index is 3.39. The molecule has 0 aromatic heterocycles. The van der Waals surface area contributed by atoms with Gasteiger partial charge in [-0.1, -0.05) is 36.8 Å². The first-order chi connectivity index (χ1) is 15.8. The number of alkyl carbamates (subject to hydrolysis) is 1. The fourth-order valence-corrected chi connectivity index (χ4v) is 3.13. The summed E-state index contributed by atoms with van der Waals surface area (Å²) < 4.78 is 9.80. The number of aliphatic hydroxyl groups excluding tert-OH is 1. The number of aliphatic hydroxyl groups is 1. The Morgan fingerprint density at radius 2 is 1.71 bits per heavy atom. The fraction of sp³-hybridized carbons (Fsp3) is 0.583. The Kier molecular flexibility index (Phi) is 11.0. The van der Waals surface area contributed by atoms with Crippen molar-refractivity contribution in [1.82, 2.24) is 15.5 Å². The predicted octanol–water partition coefficient (Wildman–Crippen LogP) is 1.84. The predicted molar refractivity (Wildman–Crippen MR) is 126 cm³/mol. The van der Waals surface area contributed by atoms with Gasteiger partial charge in [0.15, 0.2) is 0 Å². The molecular formula is C24H37N3O7. The Hall–Kier alpha value is -3.14. The second-order valence-corrected chi connectivity index (χ2v) is 8.99. The molecule has 10 heteroatoms. The number of nitrogens with zero attached hydrogens (tertiary/aromatic N) is 1. The molecule has 190 valence electrons. The molecule has 10 nitrogen and oxygen atoms in total. The van der Waals surface area contributed by atoms with E-state index >= 15 is 0 Å². The molecule has 0 aliphatic carbocycles. The van der Waals surface area contributed by atoms with Crippen molar-refractivity contribution in [3.63, 3.8) is 0 Å². The Labute approximate surface area is 201 Å².